The number of hydrogen-bond donors (Lipinski definition) is 2. The number of rotatable bonds is 5. The number of nitrogens with zero attached hydrogens (tertiary/aromatic N) is 1. The molecule has 1 saturated carbocycles. The SMILES string of the molecule is Cl.NC1(C(=O)NCCCN2CCCC2=O)CCCCC1. The summed E-state index contributed by atoms with van der Waals surface area (Å²) in [5.74, 6) is 0.230. The van der Waals surface area contributed by atoms with Crippen molar-refractivity contribution in [2.24, 2.45) is 5.73 Å². The molecular formula is C14H26ClN3O2. The lowest BCUT2D eigenvalue weighted by atomic mass is 9.82. The molecule has 5 nitrogen and oxygen atoms in total. The van der Waals surface area contributed by atoms with Crippen LogP contribution in [0.25, 0.3) is 0 Å². The van der Waals surface area contributed by atoms with Crippen LogP contribution < -0.4 is 11.1 Å². The van der Waals surface area contributed by atoms with Crippen molar-refractivity contribution in [2.75, 3.05) is 19.6 Å². The molecule has 0 radical (unpaired) electrons. The molecular weight excluding hydrogens is 278 g/mol. The number of hydrogen-bond acceptors (Lipinski definition) is 3. The van der Waals surface area contributed by atoms with Crippen LogP contribution in [-0.4, -0.2) is 41.9 Å². The number of amides is 2. The summed E-state index contributed by atoms with van der Waals surface area (Å²) in [6, 6.07) is 0. The maximum absolute atomic E-state index is 12.1. The van der Waals surface area contributed by atoms with Gasteiger partial charge in [0.05, 0.1) is 5.54 Å². The van der Waals surface area contributed by atoms with Crippen LogP contribution in [0.1, 0.15) is 51.4 Å². The second kappa shape index (κ2) is 7.84. The van der Waals surface area contributed by atoms with E-state index in [1.54, 1.807) is 0 Å². The van der Waals surface area contributed by atoms with Crippen molar-refractivity contribution in [3.63, 3.8) is 0 Å². The van der Waals surface area contributed by atoms with E-state index in [0.29, 0.717) is 13.0 Å². The summed E-state index contributed by atoms with van der Waals surface area (Å²) in [6.07, 6.45) is 7.33. The monoisotopic (exact) mass is 303 g/mol. The molecule has 1 saturated heterocycles. The summed E-state index contributed by atoms with van der Waals surface area (Å²) in [6.45, 7) is 2.23. The largest absolute Gasteiger partial charge is 0.354 e. The van der Waals surface area contributed by atoms with Gasteiger partial charge in [0.15, 0.2) is 0 Å². The van der Waals surface area contributed by atoms with Gasteiger partial charge < -0.3 is 16.0 Å². The van der Waals surface area contributed by atoms with Crippen molar-refractivity contribution >= 4 is 24.2 Å². The molecule has 2 rings (SSSR count). The summed E-state index contributed by atoms with van der Waals surface area (Å²) in [7, 11) is 0. The van der Waals surface area contributed by atoms with Crippen LogP contribution in [0.3, 0.4) is 0 Å². The van der Waals surface area contributed by atoms with Crippen LogP contribution in [0.2, 0.25) is 0 Å². The molecule has 0 bridgehead atoms. The Morgan fingerprint density at radius 3 is 2.55 bits per heavy atom. The number of likely N-dealkylation sites (tertiary alicyclic amines) is 1. The Labute approximate surface area is 127 Å². The number of carbonyl (C=O) groups excluding carboxylic acids is 2. The second-order valence-electron chi connectivity index (χ2n) is 5.81. The number of halogens is 1. The van der Waals surface area contributed by atoms with Gasteiger partial charge in [0.2, 0.25) is 11.8 Å². The fraction of sp³-hybridized carbons (Fsp3) is 0.857. The molecule has 0 aromatic heterocycles. The predicted molar refractivity (Wildman–Crippen MR) is 80.7 cm³/mol. The molecule has 3 N–H and O–H groups in total. The molecule has 2 amide bonds. The van der Waals surface area contributed by atoms with E-state index in [4.69, 9.17) is 5.73 Å². The van der Waals surface area contributed by atoms with Gasteiger partial charge >= 0.3 is 0 Å². The van der Waals surface area contributed by atoms with Gasteiger partial charge in [-0.25, -0.2) is 0 Å². The first kappa shape index (κ1) is 17.2. The third kappa shape index (κ3) is 4.35. The van der Waals surface area contributed by atoms with Crippen LogP contribution in [0, 0.1) is 0 Å². The molecule has 0 aromatic carbocycles. The molecule has 0 atom stereocenters. The van der Waals surface area contributed by atoms with E-state index in [1.807, 2.05) is 4.90 Å². The Balaban J connectivity index is 0.00000200. The van der Waals surface area contributed by atoms with E-state index in [0.717, 1.165) is 51.6 Å². The van der Waals surface area contributed by atoms with Crippen LogP contribution in [0.5, 0.6) is 0 Å². The van der Waals surface area contributed by atoms with Crippen molar-refractivity contribution in [1.82, 2.24) is 10.2 Å². The lowest BCUT2D eigenvalue weighted by molar-refractivity contribution is -0.127. The summed E-state index contributed by atoms with van der Waals surface area (Å²) in [5.41, 5.74) is 5.50. The molecule has 20 heavy (non-hydrogen) atoms. The minimum atomic E-state index is -0.651. The highest BCUT2D eigenvalue weighted by atomic mass is 35.5. The molecule has 6 heteroatoms. The predicted octanol–water partition coefficient (Wildman–Crippen LogP) is 1.20. The van der Waals surface area contributed by atoms with Gasteiger partial charge in [-0.2, -0.15) is 0 Å². The summed E-state index contributed by atoms with van der Waals surface area (Å²) < 4.78 is 0. The van der Waals surface area contributed by atoms with E-state index < -0.39 is 5.54 Å². The molecule has 0 unspecified atom stereocenters. The quantitative estimate of drug-likeness (QED) is 0.749. The molecule has 2 aliphatic rings. The Bertz CT molecular complexity index is 343. The van der Waals surface area contributed by atoms with Crippen molar-refractivity contribution in [2.45, 2.75) is 56.9 Å². The van der Waals surface area contributed by atoms with E-state index in [-0.39, 0.29) is 24.2 Å². The Morgan fingerprint density at radius 1 is 1.25 bits per heavy atom. The highest BCUT2D eigenvalue weighted by molar-refractivity contribution is 5.86. The van der Waals surface area contributed by atoms with Crippen LogP contribution >= 0.6 is 12.4 Å². The average molecular weight is 304 g/mol. The van der Waals surface area contributed by atoms with Crippen molar-refractivity contribution < 1.29 is 9.59 Å². The first-order chi connectivity index (χ1) is 9.12. The molecule has 1 heterocycles. The van der Waals surface area contributed by atoms with Crippen LogP contribution in [0.4, 0.5) is 0 Å². The maximum atomic E-state index is 12.1. The second-order valence-corrected chi connectivity index (χ2v) is 5.81. The zero-order chi connectivity index (χ0) is 13.7. The molecule has 2 fully saturated rings. The van der Waals surface area contributed by atoms with E-state index in [1.165, 1.54) is 6.42 Å². The third-order valence-corrected chi connectivity index (χ3v) is 4.26. The van der Waals surface area contributed by atoms with Gasteiger partial charge in [-0.05, 0) is 25.7 Å². The fourth-order valence-corrected chi connectivity index (χ4v) is 3.00. The first-order valence-corrected chi connectivity index (χ1v) is 7.47. The minimum Gasteiger partial charge on any atom is -0.354 e. The fourth-order valence-electron chi connectivity index (χ4n) is 3.00. The van der Waals surface area contributed by atoms with Gasteiger partial charge in [0.1, 0.15) is 0 Å². The van der Waals surface area contributed by atoms with Gasteiger partial charge in [0, 0.05) is 26.1 Å². The van der Waals surface area contributed by atoms with Gasteiger partial charge in [-0.3, -0.25) is 9.59 Å². The minimum absolute atomic E-state index is 0. The topological polar surface area (TPSA) is 75.4 Å². The van der Waals surface area contributed by atoms with Crippen molar-refractivity contribution in [1.29, 1.82) is 0 Å². The molecule has 1 aliphatic carbocycles. The highest BCUT2D eigenvalue weighted by Gasteiger charge is 2.34. The normalized spacial score (nSPS) is 21.4. The summed E-state index contributed by atoms with van der Waals surface area (Å²) in [5, 5.41) is 2.93. The number of carbonyl (C=O) groups is 2. The first-order valence-electron chi connectivity index (χ1n) is 7.47. The zero-order valence-electron chi connectivity index (χ0n) is 12.0. The Morgan fingerprint density at radius 2 is 1.95 bits per heavy atom. The van der Waals surface area contributed by atoms with Gasteiger partial charge in [0.25, 0.3) is 0 Å². The maximum Gasteiger partial charge on any atom is 0.240 e. The summed E-state index contributed by atoms with van der Waals surface area (Å²) >= 11 is 0. The number of nitrogens with two attached hydrogens (primary N) is 1. The molecule has 0 aromatic rings. The smallest absolute Gasteiger partial charge is 0.240 e. The van der Waals surface area contributed by atoms with E-state index in [2.05, 4.69) is 5.32 Å². The Hall–Kier alpha value is -0.810. The molecule has 1 aliphatic heterocycles. The lowest BCUT2D eigenvalue weighted by Crippen LogP contribution is -2.55. The zero-order valence-corrected chi connectivity index (χ0v) is 12.8. The van der Waals surface area contributed by atoms with Crippen LogP contribution in [-0.2, 0) is 9.59 Å². The van der Waals surface area contributed by atoms with Gasteiger partial charge in [-0.15, -0.1) is 12.4 Å². The van der Waals surface area contributed by atoms with Gasteiger partial charge in [-0.1, -0.05) is 19.3 Å². The standard InChI is InChI=1S/C14H25N3O2.ClH/c15-14(7-2-1-3-8-14)13(19)16-9-5-11-17-10-4-6-12(17)18;/h1-11,15H2,(H,16,19);1H. The molecule has 0 spiro atoms. The number of nitrogens with one attached hydrogen (secondary N) is 1. The van der Waals surface area contributed by atoms with Crippen molar-refractivity contribution in [3.8, 4) is 0 Å². The highest BCUT2D eigenvalue weighted by Crippen LogP contribution is 2.25. The van der Waals surface area contributed by atoms with Crippen molar-refractivity contribution in [3.05, 3.63) is 0 Å². The van der Waals surface area contributed by atoms with E-state index >= 15 is 0 Å². The molecule has 116 valence electrons. The lowest BCUT2D eigenvalue weighted by Gasteiger charge is -2.31. The Kier molecular flexibility index (Phi) is 6.76. The average Bonchev–Trinajstić information content (AvgIpc) is 2.81. The third-order valence-electron chi connectivity index (χ3n) is 4.26. The van der Waals surface area contributed by atoms with E-state index in [9.17, 15) is 9.59 Å². The van der Waals surface area contributed by atoms with Crippen LogP contribution in [0.15, 0.2) is 0 Å². The summed E-state index contributed by atoms with van der Waals surface area (Å²) in [4.78, 5) is 25.4.